The second-order valence-electron chi connectivity index (χ2n) is 4.33. The lowest BCUT2D eigenvalue weighted by Crippen LogP contribution is -2.32. The summed E-state index contributed by atoms with van der Waals surface area (Å²) < 4.78 is 5.47. The van der Waals surface area contributed by atoms with Crippen molar-refractivity contribution in [3.8, 4) is 5.75 Å². The van der Waals surface area contributed by atoms with Gasteiger partial charge in [0.25, 0.3) is 0 Å². The van der Waals surface area contributed by atoms with E-state index in [0.29, 0.717) is 17.3 Å². The Morgan fingerprint density at radius 3 is 3.00 bits per heavy atom. The molecule has 1 aromatic rings. The lowest BCUT2D eigenvalue weighted by Gasteiger charge is -2.13. The molecule has 1 rings (SSSR count). The van der Waals surface area contributed by atoms with Gasteiger partial charge in [-0.15, -0.1) is 0 Å². The summed E-state index contributed by atoms with van der Waals surface area (Å²) in [4.78, 5) is 0. The standard InChI is InChI=1S/C14H22ClNO2S/c1-19-8-3-2-7-16-10-13(17)11-18-14-6-4-5-12(15)9-14/h4-6,9,13,16-17H,2-3,7-8,10-11H2,1H3. The highest BCUT2D eigenvalue weighted by Crippen LogP contribution is 2.17. The summed E-state index contributed by atoms with van der Waals surface area (Å²) in [5.74, 6) is 1.88. The topological polar surface area (TPSA) is 41.5 Å². The van der Waals surface area contributed by atoms with Gasteiger partial charge < -0.3 is 15.2 Å². The van der Waals surface area contributed by atoms with Gasteiger partial charge in [-0.3, -0.25) is 0 Å². The van der Waals surface area contributed by atoms with Gasteiger partial charge in [0.2, 0.25) is 0 Å². The van der Waals surface area contributed by atoms with E-state index in [1.165, 1.54) is 12.2 Å². The number of halogens is 1. The fourth-order valence-corrected chi connectivity index (χ4v) is 2.25. The molecule has 1 atom stereocenters. The molecule has 19 heavy (non-hydrogen) atoms. The van der Waals surface area contributed by atoms with E-state index in [0.717, 1.165) is 13.0 Å². The predicted molar refractivity (Wildman–Crippen MR) is 83.4 cm³/mol. The minimum absolute atomic E-state index is 0.276. The number of aliphatic hydroxyl groups is 1. The monoisotopic (exact) mass is 303 g/mol. The average molecular weight is 304 g/mol. The van der Waals surface area contributed by atoms with Crippen molar-refractivity contribution in [2.45, 2.75) is 18.9 Å². The van der Waals surface area contributed by atoms with Gasteiger partial charge in [-0.25, -0.2) is 0 Å². The zero-order chi connectivity index (χ0) is 13.9. The molecule has 0 fully saturated rings. The molecule has 0 spiro atoms. The third kappa shape index (κ3) is 8.37. The molecular weight excluding hydrogens is 282 g/mol. The third-order valence-corrected chi connectivity index (χ3v) is 3.50. The molecule has 2 N–H and O–H groups in total. The molecule has 1 aromatic carbocycles. The van der Waals surface area contributed by atoms with Gasteiger partial charge in [-0.1, -0.05) is 17.7 Å². The van der Waals surface area contributed by atoms with Crippen molar-refractivity contribution < 1.29 is 9.84 Å². The molecule has 0 aliphatic carbocycles. The number of aliphatic hydroxyl groups excluding tert-OH is 1. The summed E-state index contributed by atoms with van der Waals surface area (Å²) in [5, 5.41) is 13.6. The lowest BCUT2D eigenvalue weighted by atomic mass is 10.3. The van der Waals surface area contributed by atoms with Crippen molar-refractivity contribution in [2.24, 2.45) is 0 Å². The first kappa shape index (κ1) is 16.6. The highest BCUT2D eigenvalue weighted by molar-refractivity contribution is 7.98. The maximum atomic E-state index is 9.76. The Kier molecular flexibility index (Phi) is 9.08. The van der Waals surface area contributed by atoms with Crippen LogP contribution in [0.1, 0.15) is 12.8 Å². The molecular formula is C14H22ClNO2S. The van der Waals surface area contributed by atoms with Crippen LogP contribution >= 0.6 is 23.4 Å². The first-order chi connectivity index (χ1) is 9.22. The highest BCUT2D eigenvalue weighted by Gasteiger charge is 2.04. The minimum atomic E-state index is -0.500. The number of thioether (sulfide) groups is 1. The van der Waals surface area contributed by atoms with Gasteiger partial charge in [0.05, 0.1) is 0 Å². The first-order valence-corrected chi connectivity index (χ1v) is 8.25. The number of rotatable bonds is 10. The Balaban J connectivity index is 2.06. The second kappa shape index (κ2) is 10.4. The molecule has 0 radical (unpaired) electrons. The molecule has 0 amide bonds. The van der Waals surface area contributed by atoms with Crippen LogP contribution in [0.2, 0.25) is 5.02 Å². The van der Waals surface area contributed by atoms with Crippen LogP contribution in [-0.4, -0.2) is 42.9 Å². The van der Waals surface area contributed by atoms with E-state index >= 15 is 0 Å². The van der Waals surface area contributed by atoms with Crippen molar-refractivity contribution in [3.63, 3.8) is 0 Å². The van der Waals surface area contributed by atoms with E-state index in [1.807, 2.05) is 23.9 Å². The van der Waals surface area contributed by atoms with E-state index in [4.69, 9.17) is 16.3 Å². The van der Waals surface area contributed by atoms with Crippen molar-refractivity contribution in [3.05, 3.63) is 29.3 Å². The van der Waals surface area contributed by atoms with Crippen LogP contribution in [0.4, 0.5) is 0 Å². The van der Waals surface area contributed by atoms with Crippen LogP contribution < -0.4 is 10.1 Å². The third-order valence-electron chi connectivity index (χ3n) is 2.57. The Labute approximate surface area is 124 Å². The molecule has 0 aliphatic heterocycles. The number of nitrogens with one attached hydrogen (secondary N) is 1. The van der Waals surface area contributed by atoms with E-state index < -0.39 is 6.10 Å². The molecule has 0 heterocycles. The lowest BCUT2D eigenvalue weighted by molar-refractivity contribution is 0.106. The summed E-state index contributed by atoms with van der Waals surface area (Å²) in [6.07, 6.45) is 3.97. The Bertz CT molecular complexity index is 352. The molecule has 0 saturated carbocycles. The van der Waals surface area contributed by atoms with Gasteiger partial charge in [0.1, 0.15) is 18.5 Å². The second-order valence-corrected chi connectivity index (χ2v) is 5.75. The summed E-state index contributed by atoms with van der Waals surface area (Å²) in [7, 11) is 0. The molecule has 1 unspecified atom stereocenters. The molecule has 5 heteroatoms. The molecule has 108 valence electrons. The van der Waals surface area contributed by atoms with Crippen LogP contribution in [0.5, 0.6) is 5.75 Å². The summed E-state index contributed by atoms with van der Waals surface area (Å²) in [6, 6.07) is 7.19. The zero-order valence-corrected chi connectivity index (χ0v) is 12.8. The molecule has 0 saturated heterocycles. The number of benzene rings is 1. The number of unbranched alkanes of at least 4 members (excludes halogenated alkanes) is 1. The Morgan fingerprint density at radius 2 is 2.26 bits per heavy atom. The van der Waals surface area contributed by atoms with Gasteiger partial charge >= 0.3 is 0 Å². The smallest absolute Gasteiger partial charge is 0.120 e. The van der Waals surface area contributed by atoms with Crippen LogP contribution in [0.3, 0.4) is 0 Å². The molecule has 3 nitrogen and oxygen atoms in total. The van der Waals surface area contributed by atoms with E-state index in [9.17, 15) is 5.11 Å². The average Bonchev–Trinajstić information content (AvgIpc) is 2.40. The van der Waals surface area contributed by atoms with E-state index in [-0.39, 0.29) is 6.61 Å². The maximum absolute atomic E-state index is 9.76. The summed E-state index contributed by atoms with van der Waals surface area (Å²) in [5.41, 5.74) is 0. The fourth-order valence-electron chi connectivity index (χ4n) is 1.57. The van der Waals surface area contributed by atoms with Crippen LogP contribution in [0.25, 0.3) is 0 Å². The normalized spacial score (nSPS) is 12.4. The van der Waals surface area contributed by atoms with Crippen molar-refractivity contribution >= 4 is 23.4 Å². The van der Waals surface area contributed by atoms with Crippen molar-refractivity contribution in [1.29, 1.82) is 0 Å². The summed E-state index contributed by atoms with van der Waals surface area (Å²) in [6.45, 7) is 1.77. The largest absolute Gasteiger partial charge is 0.491 e. The minimum Gasteiger partial charge on any atom is -0.491 e. The van der Waals surface area contributed by atoms with E-state index in [1.54, 1.807) is 12.1 Å². The maximum Gasteiger partial charge on any atom is 0.120 e. The highest BCUT2D eigenvalue weighted by atomic mass is 35.5. The number of ether oxygens (including phenoxy) is 1. The molecule has 0 bridgehead atoms. The zero-order valence-electron chi connectivity index (χ0n) is 11.3. The van der Waals surface area contributed by atoms with E-state index in [2.05, 4.69) is 11.6 Å². The van der Waals surface area contributed by atoms with Gasteiger partial charge in [0.15, 0.2) is 0 Å². The number of hydrogen-bond donors (Lipinski definition) is 2. The van der Waals surface area contributed by atoms with Gasteiger partial charge in [-0.2, -0.15) is 11.8 Å². The van der Waals surface area contributed by atoms with Crippen LogP contribution in [0, 0.1) is 0 Å². The van der Waals surface area contributed by atoms with Gasteiger partial charge in [0, 0.05) is 11.6 Å². The molecule has 0 aromatic heterocycles. The Morgan fingerprint density at radius 1 is 1.42 bits per heavy atom. The number of hydrogen-bond acceptors (Lipinski definition) is 4. The Hall–Kier alpha value is -0.420. The summed E-state index contributed by atoms with van der Waals surface area (Å²) >= 11 is 7.71. The van der Waals surface area contributed by atoms with Crippen molar-refractivity contribution in [2.75, 3.05) is 31.7 Å². The van der Waals surface area contributed by atoms with Crippen LogP contribution in [0.15, 0.2) is 24.3 Å². The van der Waals surface area contributed by atoms with Gasteiger partial charge in [-0.05, 0) is 49.6 Å². The van der Waals surface area contributed by atoms with Crippen LogP contribution in [-0.2, 0) is 0 Å². The SMILES string of the molecule is CSCCCCNCC(O)COc1cccc(Cl)c1. The first-order valence-electron chi connectivity index (χ1n) is 6.48. The van der Waals surface area contributed by atoms with Crippen molar-refractivity contribution in [1.82, 2.24) is 5.32 Å². The molecule has 0 aliphatic rings. The fraction of sp³-hybridized carbons (Fsp3) is 0.571. The quantitative estimate of drug-likeness (QED) is 0.652. The predicted octanol–water partition coefficient (Wildman–Crippen LogP) is 2.81.